The molecule has 0 aliphatic heterocycles. The number of benzene rings is 2. The molecule has 0 spiro atoms. The first kappa shape index (κ1) is 15.6. The van der Waals surface area contributed by atoms with Gasteiger partial charge in [0.2, 0.25) is 0 Å². The van der Waals surface area contributed by atoms with Gasteiger partial charge in [-0.3, -0.25) is 0 Å². The fourth-order valence-corrected chi connectivity index (χ4v) is 1.97. The summed E-state index contributed by atoms with van der Waals surface area (Å²) < 4.78 is 9.35. The Kier molecular flexibility index (Phi) is 5.14. The van der Waals surface area contributed by atoms with Gasteiger partial charge in [0.05, 0.1) is 25.3 Å². The normalized spacial score (nSPS) is 9.91. The summed E-state index contributed by atoms with van der Waals surface area (Å²) >= 11 is 0. The van der Waals surface area contributed by atoms with Crippen LogP contribution in [0.15, 0.2) is 48.5 Å². The van der Waals surface area contributed by atoms with Crippen LogP contribution in [-0.2, 0) is 16.0 Å². The molecule has 0 saturated carbocycles. The number of carbonyl (C=O) groups excluding carboxylic acids is 2. The number of hydrogen-bond acceptors (Lipinski definition) is 5. The summed E-state index contributed by atoms with van der Waals surface area (Å²) in [5.74, 6) is -0.721. The Hall–Kier alpha value is -2.82. The molecular weight excluding hydrogens is 282 g/mol. The molecule has 0 aliphatic carbocycles. The Bertz CT molecular complexity index is 665. The van der Waals surface area contributed by atoms with Gasteiger partial charge in [-0.1, -0.05) is 12.1 Å². The second-order valence-electron chi connectivity index (χ2n) is 4.61. The first-order chi connectivity index (χ1) is 10.6. The smallest absolute Gasteiger partial charge is 0.337 e. The Morgan fingerprint density at radius 1 is 0.909 bits per heavy atom. The summed E-state index contributed by atoms with van der Waals surface area (Å²) in [5, 5.41) is 3.23. The number of nitrogens with one attached hydrogen (secondary N) is 1. The average molecular weight is 299 g/mol. The summed E-state index contributed by atoms with van der Waals surface area (Å²) in [6, 6.07) is 14.2. The lowest BCUT2D eigenvalue weighted by atomic mass is 10.1. The number of ether oxygens (including phenoxy) is 2. The minimum atomic E-state index is -0.364. The lowest BCUT2D eigenvalue weighted by Gasteiger charge is -2.08. The monoisotopic (exact) mass is 299 g/mol. The van der Waals surface area contributed by atoms with E-state index in [0.29, 0.717) is 17.7 Å². The number of esters is 2. The zero-order chi connectivity index (χ0) is 15.9. The third-order valence-corrected chi connectivity index (χ3v) is 3.15. The van der Waals surface area contributed by atoms with Crippen molar-refractivity contribution in [2.75, 3.05) is 19.5 Å². The molecule has 0 amide bonds. The van der Waals surface area contributed by atoms with Gasteiger partial charge < -0.3 is 14.8 Å². The SMILES string of the molecule is COC(=O)c1ccc(NCc2cccc(C(=O)OC)c2)cc1. The summed E-state index contributed by atoms with van der Waals surface area (Å²) in [4.78, 5) is 22.8. The molecule has 114 valence electrons. The minimum absolute atomic E-state index is 0.357. The van der Waals surface area contributed by atoms with E-state index < -0.39 is 0 Å². The zero-order valence-corrected chi connectivity index (χ0v) is 12.5. The van der Waals surface area contributed by atoms with Crippen LogP contribution < -0.4 is 5.32 Å². The number of anilines is 1. The molecule has 22 heavy (non-hydrogen) atoms. The Morgan fingerprint density at radius 2 is 1.55 bits per heavy atom. The maximum absolute atomic E-state index is 11.5. The second kappa shape index (κ2) is 7.26. The van der Waals surface area contributed by atoms with E-state index in [2.05, 4.69) is 10.1 Å². The van der Waals surface area contributed by atoms with Gasteiger partial charge >= 0.3 is 11.9 Å². The number of methoxy groups -OCH3 is 2. The van der Waals surface area contributed by atoms with Gasteiger partial charge in [-0.15, -0.1) is 0 Å². The van der Waals surface area contributed by atoms with E-state index in [-0.39, 0.29) is 11.9 Å². The van der Waals surface area contributed by atoms with Crippen molar-refractivity contribution in [3.63, 3.8) is 0 Å². The van der Waals surface area contributed by atoms with Crippen molar-refractivity contribution >= 4 is 17.6 Å². The molecule has 2 rings (SSSR count). The predicted octanol–water partition coefficient (Wildman–Crippen LogP) is 2.87. The predicted molar refractivity (Wildman–Crippen MR) is 82.9 cm³/mol. The van der Waals surface area contributed by atoms with E-state index in [1.165, 1.54) is 14.2 Å². The van der Waals surface area contributed by atoms with Gasteiger partial charge in [0.15, 0.2) is 0 Å². The molecule has 0 saturated heterocycles. The number of carbonyl (C=O) groups is 2. The molecule has 0 aliphatic rings. The van der Waals surface area contributed by atoms with Crippen molar-refractivity contribution in [3.8, 4) is 0 Å². The third kappa shape index (κ3) is 3.85. The summed E-state index contributed by atoms with van der Waals surface area (Å²) in [5.41, 5.74) is 2.85. The van der Waals surface area contributed by atoms with Gasteiger partial charge in [0, 0.05) is 12.2 Å². The van der Waals surface area contributed by atoms with Gasteiger partial charge in [-0.05, 0) is 42.0 Å². The fraction of sp³-hybridized carbons (Fsp3) is 0.176. The standard InChI is InChI=1S/C17H17NO4/c1-21-16(19)13-6-8-15(9-7-13)18-11-12-4-3-5-14(10-12)17(20)22-2/h3-10,18H,11H2,1-2H3. The van der Waals surface area contributed by atoms with Gasteiger partial charge in [-0.2, -0.15) is 0 Å². The number of rotatable bonds is 5. The molecule has 2 aromatic carbocycles. The molecular formula is C17H17NO4. The highest BCUT2D eigenvalue weighted by molar-refractivity contribution is 5.90. The molecule has 0 heterocycles. The average Bonchev–Trinajstić information content (AvgIpc) is 2.59. The maximum Gasteiger partial charge on any atom is 0.337 e. The number of hydrogen-bond donors (Lipinski definition) is 1. The maximum atomic E-state index is 11.5. The minimum Gasteiger partial charge on any atom is -0.465 e. The Morgan fingerprint density at radius 3 is 2.18 bits per heavy atom. The fourth-order valence-electron chi connectivity index (χ4n) is 1.97. The second-order valence-corrected chi connectivity index (χ2v) is 4.61. The topological polar surface area (TPSA) is 64.6 Å². The zero-order valence-electron chi connectivity index (χ0n) is 12.5. The molecule has 0 radical (unpaired) electrons. The van der Waals surface area contributed by atoms with E-state index >= 15 is 0 Å². The third-order valence-electron chi connectivity index (χ3n) is 3.15. The van der Waals surface area contributed by atoms with E-state index in [0.717, 1.165) is 11.3 Å². The van der Waals surface area contributed by atoms with Gasteiger partial charge in [0.25, 0.3) is 0 Å². The first-order valence-corrected chi connectivity index (χ1v) is 6.73. The van der Waals surface area contributed by atoms with Crippen LogP contribution >= 0.6 is 0 Å². The molecule has 0 unspecified atom stereocenters. The highest BCUT2D eigenvalue weighted by Crippen LogP contribution is 2.13. The van der Waals surface area contributed by atoms with Crippen LogP contribution in [0.4, 0.5) is 5.69 Å². The van der Waals surface area contributed by atoms with Crippen molar-refractivity contribution in [3.05, 3.63) is 65.2 Å². The molecule has 5 nitrogen and oxygen atoms in total. The van der Waals surface area contributed by atoms with E-state index in [1.807, 2.05) is 12.1 Å². The first-order valence-electron chi connectivity index (χ1n) is 6.73. The lowest BCUT2D eigenvalue weighted by molar-refractivity contribution is 0.0592. The van der Waals surface area contributed by atoms with Crippen LogP contribution in [0.2, 0.25) is 0 Å². The molecule has 5 heteroatoms. The van der Waals surface area contributed by atoms with Crippen LogP contribution in [0.1, 0.15) is 26.3 Å². The molecule has 0 atom stereocenters. The van der Waals surface area contributed by atoms with Crippen molar-refractivity contribution in [2.24, 2.45) is 0 Å². The van der Waals surface area contributed by atoms with Crippen LogP contribution in [0.3, 0.4) is 0 Å². The Labute approximate surface area is 128 Å². The highest BCUT2D eigenvalue weighted by atomic mass is 16.5. The molecule has 1 N–H and O–H groups in total. The van der Waals surface area contributed by atoms with Gasteiger partial charge in [-0.25, -0.2) is 9.59 Å². The van der Waals surface area contributed by atoms with E-state index in [1.54, 1.807) is 36.4 Å². The molecule has 2 aromatic rings. The molecule has 0 bridgehead atoms. The summed E-state index contributed by atoms with van der Waals surface area (Å²) in [6.07, 6.45) is 0. The lowest BCUT2D eigenvalue weighted by Crippen LogP contribution is -2.05. The van der Waals surface area contributed by atoms with Crippen molar-refractivity contribution in [1.29, 1.82) is 0 Å². The summed E-state index contributed by atoms with van der Waals surface area (Å²) in [6.45, 7) is 0.558. The van der Waals surface area contributed by atoms with Crippen LogP contribution in [0.5, 0.6) is 0 Å². The highest BCUT2D eigenvalue weighted by Gasteiger charge is 2.06. The molecule has 0 fully saturated rings. The van der Waals surface area contributed by atoms with Crippen LogP contribution in [0.25, 0.3) is 0 Å². The van der Waals surface area contributed by atoms with Crippen molar-refractivity contribution in [1.82, 2.24) is 0 Å². The summed E-state index contributed by atoms with van der Waals surface area (Å²) in [7, 11) is 2.71. The van der Waals surface area contributed by atoms with Crippen molar-refractivity contribution < 1.29 is 19.1 Å². The van der Waals surface area contributed by atoms with Gasteiger partial charge in [0.1, 0.15) is 0 Å². The Balaban J connectivity index is 2.01. The van der Waals surface area contributed by atoms with Crippen LogP contribution in [-0.4, -0.2) is 26.2 Å². The van der Waals surface area contributed by atoms with Crippen LogP contribution in [0, 0.1) is 0 Å². The van der Waals surface area contributed by atoms with E-state index in [9.17, 15) is 9.59 Å². The largest absolute Gasteiger partial charge is 0.465 e. The van der Waals surface area contributed by atoms with Crippen molar-refractivity contribution in [2.45, 2.75) is 6.54 Å². The molecule has 0 aromatic heterocycles. The quantitative estimate of drug-likeness (QED) is 0.860. The van der Waals surface area contributed by atoms with E-state index in [4.69, 9.17) is 4.74 Å².